The van der Waals surface area contributed by atoms with Gasteiger partial charge in [-0.3, -0.25) is 9.59 Å². The standard InChI is InChI=1S/C21H24N2O4S/c1-12-3-6-14(7-4-12)22-20(27)19-15-8-5-13(2)11-16(15)28-21(19)23-17(24)9-10-18(25)26/h3-4,6-7,13H,5,8-11H2,1-2H3,(H,22,27)(H,23,24)(H,25,26)/p-1/t13-/m0/s1. The Bertz CT molecular complexity index is 902. The van der Waals surface area contributed by atoms with Crippen LogP contribution in [0.5, 0.6) is 0 Å². The lowest BCUT2D eigenvalue weighted by Crippen LogP contribution is -2.24. The predicted molar refractivity (Wildman–Crippen MR) is 108 cm³/mol. The first-order valence-corrected chi connectivity index (χ1v) is 10.2. The third-order valence-corrected chi connectivity index (χ3v) is 6.03. The first kappa shape index (κ1) is 20.1. The number of thiophene rings is 1. The minimum absolute atomic E-state index is 0.180. The van der Waals surface area contributed by atoms with Crippen molar-refractivity contribution >= 4 is 39.8 Å². The molecule has 0 spiro atoms. The molecule has 0 unspecified atom stereocenters. The van der Waals surface area contributed by atoms with E-state index in [1.807, 2.05) is 31.2 Å². The number of benzene rings is 1. The van der Waals surface area contributed by atoms with Crippen LogP contribution >= 0.6 is 11.3 Å². The Morgan fingerprint density at radius 1 is 1.14 bits per heavy atom. The second kappa shape index (κ2) is 8.56. The minimum Gasteiger partial charge on any atom is -0.550 e. The van der Waals surface area contributed by atoms with Crippen LogP contribution in [0.15, 0.2) is 24.3 Å². The summed E-state index contributed by atoms with van der Waals surface area (Å²) in [5.41, 5.74) is 3.27. The van der Waals surface area contributed by atoms with Gasteiger partial charge in [0.15, 0.2) is 0 Å². The number of carbonyl (C=O) groups excluding carboxylic acids is 3. The van der Waals surface area contributed by atoms with Crippen molar-refractivity contribution in [1.82, 2.24) is 0 Å². The van der Waals surface area contributed by atoms with Crippen LogP contribution < -0.4 is 15.7 Å². The zero-order valence-corrected chi connectivity index (χ0v) is 16.8. The highest BCUT2D eigenvalue weighted by atomic mass is 32.1. The maximum atomic E-state index is 13.0. The summed E-state index contributed by atoms with van der Waals surface area (Å²) in [6.07, 6.45) is 2.13. The SMILES string of the molecule is Cc1ccc(NC(=O)c2c(NC(=O)CCC(=O)[O-])sc3c2CC[C@H](C)C3)cc1. The molecule has 28 heavy (non-hydrogen) atoms. The number of fused-ring (bicyclic) bond motifs is 1. The lowest BCUT2D eigenvalue weighted by molar-refractivity contribution is -0.305. The number of aliphatic carboxylic acids is 1. The van der Waals surface area contributed by atoms with Gasteiger partial charge in [0.25, 0.3) is 5.91 Å². The molecule has 1 aromatic carbocycles. The first-order valence-electron chi connectivity index (χ1n) is 9.35. The Kier molecular flexibility index (Phi) is 6.14. The van der Waals surface area contributed by atoms with E-state index >= 15 is 0 Å². The summed E-state index contributed by atoms with van der Waals surface area (Å²) in [4.78, 5) is 36.9. The van der Waals surface area contributed by atoms with E-state index in [0.717, 1.165) is 35.3 Å². The molecular weight excluding hydrogens is 376 g/mol. The zero-order chi connectivity index (χ0) is 20.3. The Balaban J connectivity index is 1.86. The van der Waals surface area contributed by atoms with Crippen molar-refractivity contribution in [2.24, 2.45) is 5.92 Å². The zero-order valence-electron chi connectivity index (χ0n) is 16.0. The van der Waals surface area contributed by atoms with Crippen molar-refractivity contribution in [2.75, 3.05) is 10.6 Å². The molecule has 1 heterocycles. The lowest BCUT2D eigenvalue weighted by Gasteiger charge is -2.18. The number of rotatable bonds is 6. The summed E-state index contributed by atoms with van der Waals surface area (Å²) in [7, 11) is 0. The van der Waals surface area contributed by atoms with E-state index in [9.17, 15) is 19.5 Å². The van der Waals surface area contributed by atoms with Crippen LogP contribution in [0.3, 0.4) is 0 Å². The van der Waals surface area contributed by atoms with Gasteiger partial charge < -0.3 is 20.5 Å². The van der Waals surface area contributed by atoms with Crippen LogP contribution in [-0.2, 0) is 22.4 Å². The van der Waals surface area contributed by atoms with Gasteiger partial charge in [-0.2, -0.15) is 0 Å². The average Bonchev–Trinajstić information content (AvgIpc) is 2.98. The van der Waals surface area contributed by atoms with Gasteiger partial charge >= 0.3 is 0 Å². The first-order chi connectivity index (χ1) is 13.3. The van der Waals surface area contributed by atoms with Crippen molar-refractivity contribution < 1.29 is 19.5 Å². The average molecular weight is 399 g/mol. The van der Waals surface area contributed by atoms with E-state index in [1.165, 1.54) is 11.3 Å². The summed E-state index contributed by atoms with van der Waals surface area (Å²) >= 11 is 1.41. The van der Waals surface area contributed by atoms with Gasteiger partial charge in [0.05, 0.1) is 5.56 Å². The van der Waals surface area contributed by atoms with Crippen LogP contribution in [-0.4, -0.2) is 17.8 Å². The van der Waals surface area contributed by atoms with Gasteiger partial charge in [-0.25, -0.2) is 0 Å². The topological polar surface area (TPSA) is 98.3 Å². The fourth-order valence-electron chi connectivity index (χ4n) is 3.31. The van der Waals surface area contributed by atoms with E-state index < -0.39 is 11.9 Å². The smallest absolute Gasteiger partial charge is 0.258 e. The van der Waals surface area contributed by atoms with Gasteiger partial charge in [0, 0.05) is 23.0 Å². The Morgan fingerprint density at radius 2 is 1.86 bits per heavy atom. The number of aryl methyl sites for hydroxylation is 1. The van der Waals surface area contributed by atoms with E-state index in [0.29, 0.717) is 22.2 Å². The molecule has 2 aromatic rings. The number of carboxylic acids is 1. The molecule has 0 bridgehead atoms. The fraction of sp³-hybridized carbons (Fsp3) is 0.381. The van der Waals surface area contributed by atoms with Gasteiger partial charge in [0.2, 0.25) is 5.91 Å². The van der Waals surface area contributed by atoms with Gasteiger partial charge in [-0.15, -0.1) is 11.3 Å². The molecule has 148 valence electrons. The summed E-state index contributed by atoms with van der Waals surface area (Å²) in [5, 5.41) is 16.7. The summed E-state index contributed by atoms with van der Waals surface area (Å²) in [5.74, 6) is -1.43. The molecule has 3 rings (SSSR count). The quantitative estimate of drug-likeness (QED) is 0.780. The van der Waals surface area contributed by atoms with Gasteiger partial charge in [-0.1, -0.05) is 24.6 Å². The van der Waals surface area contributed by atoms with Crippen molar-refractivity contribution in [3.63, 3.8) is 0 Å². The van der Waals surface area contributed by atoms with Crippen LogP contribution in [0.2, 0.25) is 0 Å². The monoisotopic (exact) mass is 399 g/mol. The molecule has 0 saturated heterocycles. The summed E-state index contributed by atoms with van der Waals surface area (Å²) in [6, 6.07) is 7.52. The molecule has 0 fully saturated rings. The third-order valence-electron chi connectivity index (χ3n) is 4.86. The lowest BCUT2D eigenvalue weighted by atomic mass is 9.88. The number of hydrogen-bond acceptors (Lipinski definition) is 5. The fourth-order valence-corrected chi connectivity index (χ4v) is 4.74. The number of nitrogens with one attached hydrogen (secondary N) is 2. The van der Waals surface area contributed by atoms with Crippen LogP contribution in [0.1, 0.15) is 52.5 Å². The number of carboxylic acid groups (broad SMARTS) is 1. The predicted octanol–water partition coefficient (Wildman–Crippen LogP) is 2.90. The highest BCUT2D eigenvalue weighted by Crippen LogP contribution is 2.40. The van der Waals surface area contributed by atoms with Gasteiger partial charge in [-0.05, 0) is 56.2 Å². The van der Waals surface area contributed by atoms with Crippen molar-refractivity contribution in [1.29, 1.82) is 0 Å². The largest absolute Gasteiger partial charge is 0.550 e. The third kappa shape index (κ3) is 4.78. The molecule has 0 saturated carbocycles. The molecular formula is C21H23N2O4S-. The number of hydrogen-bond donors (Lipinski definition) is 2. The van der Waals surface area contributed by atoms with Crippen LogP contribution in [0, 0.1) is 12.8 Å². The molecule has 2 amide bonds. The molecule has 2 N–H and O–H groups in total. The number of carbonyl (C=O) groups is 3. The summed E-state index contributed by atoms with van der Waals surface area (Å²) in [6.45, 7) is 4.15. The highest BCUT2D eigenvalue weighted by molar-refractivity contribution is 7.17. The minimum atomic E-state index is -1.27. The Morgan fingerprint density at radius 3 is 2.54 bits per heavy atom. The molecule has 6 nitrogen and oxygen atoms in total. The maximum absolute atomic E-state index is 13.0. The van der Waals surface area contributed by atoms with E-state index in [-0.39, 0.29) is 18.7 Å². The second-order valence-corrected chi connectivity index (χ2v) is 8.40. The van der Waals surface area contributed by atoms with Crippen molar-refractivity contribution in [3.05, 3.63) is 45.8 Å². The molecule has 0 radical (unpaired) electrons. The Hall–Kier alpha value is -2.67. The number of amides is 2. The normalized spacial score (nSPS) is 15.6. The van der Waals surface area contributed by atoms with E-state index in [1.54, 1.807) is 0 Å². The summed E-state index contributed by atoms with van der Waals surface area (Å²) < 4.78 is 0. The van der Waals surface area contributed by atoms with Crippen molar-refractivity contribution in [2.45, 2.75) is 46.0 Å². The molecule has 0 aliphatic heterocycles. The molecule has 1 aromatic heterocycles. The van der Waals surface area contributed by atoms with E-state index in [2.05, 4.69) is 17.6 Å². The molecule has 1 atom stereocenters. The second-order valence-electron chi connectivity index (χ2n) is 7.30. The van der Waals surface area contributed by atoms with Crippen LogP contribution in [0.4, 0.5) is 10.7 Å². The Labute approximate surface area is 168 Å². The highest BCUT2D eigenvalue weighted by Gasteiger charge is 2.28. The van der Waals surface area contributed by atoms with Gasteiger partial charge in [0.1, 0.15) is 5.00 Å². The van der Waals surface area contributed by atoms with Crippen molar-refractivity contribution in [3.8, 4) is 0 Å². The number of anilines is 2. The molecule has 1 aliphatic rings. The van der Waals surface area contributed by atoms with E-state index in [4.69, 9.17) is 0 Å². The maximum Gasteiger partial charge on any atom is 0.258 e. The molecule has 7 heteroatoms. The van der Waals surface area contributed by atoms with Crippen LogP contribution in [0.25, 0.3) is 0 Å². The molecule has 1 aliphatic carbocycles.